The summed E-state index contributed by atoms with van der Waals surface area (Å²) in [5.74, 6) is -1.31. The lowest BCUT2D eigenvalue weighted by molar-refractivity contribution is -0.137. The predicted molar refractivity (Wildman–Crippen MR) is 118 cm³/mol. The zero-order valence-electron chi connectivity index (χ0n) is 16.0. The van der Waals surface area contributed by atoms with Gasteiger partial charge in [0, 0.05) is 11.4 Å². The van der Waals surface area contributed by atoms with Crippen molar-refractivity contribution < 1.29 is 27.2 Å². The third-order valence-corrected chi connectivity index (χ3v) is 4.93. The van der Waals surface area contributed by atoms with Crippen LogP contribution in [-0.2, 0) is 6.18 Å². The molecule has 0 heterocycles. The standard InChI is InChI=1S/C21H14ClF4N3O2S/c22-17-11-13(7-10-16(17)21(24,25)26)28-20(31)29(32)14-8-5-12(6-9-14)27-19(30)15-3-1-2-4-18(15)23/h1-11,32H,(H,27,30)(H,28,31). The summed E-state index contributed by atoms with van der Waals surface area (Å²) in [6, 6.07) is 13.4. The number of carbonyl (C=O) groups excluding carboxylic acids is 2. The highest BCUT2D eigenvalue weighted by Crippen LogP contribution is 2.36. The van der Waals surface area contributed by atoms with E-state index in [1.807, 2.05) is 0 Å². The van der Waals surface area contributed by atoms with E-state index in [4.69, 9.17) is 11.6 Å². The molecule has 5 nitrogen and oxygen atoms in total. The number of thiol groups is 1. The average molecular weight is 484 g/mol. The molecule has 0 fully saturated rings. The largest absolute Gasteiger partial charge is 0.417 e. The molecule has 166 valence electrons. The lowest BCUT2D eigenvalue weighted by atomic mass is 10.2. The van der Waals surface area contributed by atoms with Crippen molar-refractivity contribution in [1.82, 2.24) is 0 Å². The van der Waals surface area contributed by atoms with Crippen molar-refractivity contribution in [2.45, 2.75) is 6.18 Å². The summed E-state index contributed by atoms with van der Waals surface area (Å²) in [5, 5.41) is 4.35. The smallest absolute Gasteiger partial charge is 0.322 e. The number of nitrogens with zero attached hydrogens (tertiary/aromatic N) is 1. The van der Waals surface area contributed by atoms with Gasteiger partial charge in [0.2, 0.25) is 0 Å². The molecule has 3 rings (SSSR count). The van der Waals surface area contributed by atoms with Crippen LogP contribution in [0.15, 0.2) is 66.7 Å². The number of carbonyl (C=O) groups is 2. The van der Waals surface area contributed by atoms with Gasteiger partial charge in [0.1, 0.15) is 5.82 Å². The van der Waals surface area contributed by atoms with Gasteiger partial charge in [-0.05, 0) is 54.6 Å². The maximum atomic E-state index is 13.7. The lowest BCUT2D eigenvalue weighted by Gasteiger charge is -2.18. The highest BCUT2D eigenvalue weighted by Gasteiger charge is 2.33. The van der Waals surface area contributed by atoms with E-state index in [-0.39, 0.29) is 11.3 Å². The third-order valence-electron chi connectivity index (χ3n) is 4.21. The number of hydrogen-bond donors (Lipinski definition) is 3. The van der Waals surface area contributed by atoms with E-state index in [1.54, 1.807) is 0 Å². The molecule has 2 N–H and O–H groups in total. The molecule has 0 radical (unpaired) electrons. The summed E-state index contributed by atoms with van der Waals surface area (Å²) >= 11 is 9.73. The van der Waals surface area contributed by atoms with Crippen molar-refractivity contribution >= 4 is 53.4 Å². The molecule has 3 aromatic rings. The molecule has 3 aromatic carbocycles. The van der Waals surface area contributed by atoms with Crippen molar-refractivity contribution in [3.05, 3.63) is 88.7 Å². The Hall–Kier alpha value is -3.24. The molecule has 0 aliphatic rings. The second kappa shape index (κ2) is 9.49. The van der Waals surface area contributed by atoms with Crippen LogP contribution in [0.25, 0.3) is 0 Å². The van der Waals surface area contributed by atoms with Gasteiger partial charge in [-0.2, -0.15) is 13.2 Å². The second-order valence-electron chi connectivity index (χ2n) is 6.42. The number of alkyl halides is 3. The molecule has 32 heavy (non-hydrogen) atoms. The van der Waals surface area contributed by atoms with Crippen LogP contribution in [0.3, 0.4) is 0 Å². The number of urea groups is 1. The number of rotatable bonds is 4. The van der Waals surface area contributed by atoms with Gasteiger partial charge in [0.05, 0.1) is 21.8 Å². The van der Waals surface area contributed by atoms with Crippen molar-refractivity contribution in [2.24, 2.45) is 0 Å². The summed E-state index contributed by atoms with van der Waals surface area (Å²) in [6.45, 7) is 0. The van der Waals surface area contributed by atoms with Crippen LogP contribution >= 0.6 is 24.4 Å². The van der Waals surface area contributed by atoms with Crippen molar-refractivity contribution in [2.75, 3.05) is 14.9 Å². The molecule has 11 heteroatoms. The summed E-state index contributed by atoms with van der Waals surface area (Å²) in [6.07, 6.45) is -4.61. The quantitative estimate of drug-likeness (QED) is 0.288. The fraction of sp³-hybridized carbons (Fsp3) is 0.0476. The van der Waals surface area contributed by atoms with Gasteiger partial charge in [-0.3, -0.25) is 4.79 Å². The normalized spacial score (nSPS) is 11.1. The zero-order chi connectivity index (χ0) is 23.5. The molecule has 3 amide bonds. The van der Waals surface area contributed by atoms with Crippen molar-refractivity contribution in [3.8, 4) is 0 Å². The maximum absolute atomic E-state index is 13.7. The molecule has 0 aliphatic carbocycles. The minimum Gasteiger partial charge on any atom is -0.322 e. The molecule has 0 unspecified atom stereocenters. The predicted octanol–water partition coefficient (Wildman–Crippen LogP) is 6.63. The molecular weight excluding hydrogens is 470 g/mol. The first-order valence-electron chi connectivity index (χ1n) is 8.89. The highest BCUT2D eigenvalue weighted by molar-refractivity contribution is 7.82. The monoisotopic (exact) mass is 483 g/mol. The number of amides is 3. The van der Waals surface area contributed by atoms with Gasteiger partial charge in [0.25, 0.3) is 5.91 Å². The lowest BCUT2D eigenvalue weighted by Crippen LogP contribution is -2.26. The van der Waals surface area contributed by atoms with Gasteiger partial charge < -0.3 is 10.6 Å². The van der Waals surface area contributed by atoms with Crippen LogP contribution in [-0.4, -0.2) is 11.9 Å². The second-order valence-corrected chi connectivity index (χ2v) is 7.22. The van der Waals surface area contributed by atoms with Crippen LogP contribution in [0, 0.1) is 5.82 Å². The number of anilines is 3. The van der Waals surface area contributed by atoms with Gasteiger partial charge in [-0.15, -0.1) is 0 Å². The molecular formula is C21H14ClF4N3O2S. The number of nitrogens with one attached hydrogen (secondary N) is 2. The Morgan fingerprint density at radius 3 is 2.12 bits per heavy atom. The minimum absolute atomic E-state index is 0.0424. The molecule has 0 atom stereocenters. The van der Waals surface area contributed by atoms with E-state index in [2.05, 4.69) is 23.4 Å². The van der Waals surface area contributed by atoms with Crippen LogP contribution in [0.1, 0.15) is 15.9 Å². The maximum Gasteiger partial charge on any atom is 0.417 e. The Bertz CT molecular complexity index is 1160. The summed E-state index contributed by atoms with van der Waals surface area (Å²) < 4.78 is 53.0. The highest BCUT2D eigenvalue weighted by atomic mass is 35.5. The Balaban J connectivity index is 1.66. The number of benzene rings is 3. The van der Waals surface area contributed by atoms with E-state index < -0.39 is 34.5 Å². The zero-order valence-corrected chi connectivity index (χ0v) is 17.6. The molecule has 0 saturated heterocycles. The average Bonchev–Trinajstić information content (AvgIpc) is 2.73. The van der Waals surface area contributed by atoms with Crippen molar-refractivity contribution in [3.63, 3.8) is 0 Å². The van der Waals surface area contributed by atoms with Crippen molar-refractivity contribution in [1.29, 1.82) is 0 Å². The Kier molecular flexibility index (Phi) is 6.95. The molecule has 0 spiro atoms. The van der Waals surface area contributed by atoms with Gasteiger partial charge in [-0.1, -0.05) is 36.5 Å². The first-order valence-corrected chi connectivity index (χ1v) is 9.67. The fourth-order valence-corrected chi connectivity index (χ4v) is 3.12. The van der Waals surface area contributed by atoms with Gasteiger partial charge >= 0.3 is 12.2 Å². The molecule has 0 aliphatic heterocycles. The van der Waals surface area contributed by atoms with Crippen LogP contribution in [0.4, 0.5) is 39.4 Å². The fourth-order valence-electron chi connectivity index (χ4n) is 2.65. The molecule has 0 saturated carbocycles. The van der Waals surface area contributed by atoms with Crippen LogP contribution in [0.5, 0.6) is 0 Å². The summed E-state index contributed by atoms with van der Waals surface area (Å²) in [7, 11) is 0. The minimum atomic E-state index is -4.61. The van der Waals surface area contributed by atoms with E-state index >= 15 is 0 Å². The number of hydrogen-bond acceptors (Lipinski definition) is 3. The first-order chi connectivity index (χ1) is 15.1. The first kappa shape index (κ1) is 23.4. The molecule has 0 aromatic heterocycles. The van der Waals surface area contributed by atoms with E-state index in [0.717, 1.165) is 22.5 Å². The number of halogens is 5. The molecule has 0 bridgehead atoms. The van der Waals surface area contributed by atoms with E-state index in [0.29, 0.717) is 11.4 Å². The van der Waals surface area contributed by atoms with E-state index in [1.165, 1.54) is 48.5 Å². The summed E-state index contributed by atoms with van der Waals surface area (Å²) in [4.78, 5) is 24.5. The summed E-state index contributed by atoms with van der Waals surface area (Å²) in [5.41, 5.74) is -0.456. The third kappa shape index (κ3) is 5.51. The Morgan fingerprint density at radius 2 is 1.53 bits per heavy atom. The van der Waals surface area contributed by atoms with Gasteiger partial charge in [-0.25, -0.2) is 13.5 Å². The SMILES string of the molecule is O=C(Nc1ccc(N(S)C(=O)Nc2ccc(C(F)(F)F)c(Cl)c2)cc1)c1ccccc1F. The van der Waals surface area contributed by atoms with Crippen LogP contribution < -0.4 is 14.9 Å². The van der Waals surface area contributed by atoms with Crippen LogP contribution in [0.2, 0.25) is 5.02 Å². The Labute approximate surface area is 190 Å². The van der Waals surface area contributed by atoms with E-state index in [9.17, 15) is 27.2 Å². The Morgan fingerprint density at radius 1 is 0.906 bits per heavy atom. The topological polar surface area (TPSA) is 61.4 Å². The van der Waals surface area contributed by atoms with Gasteiger partial charge in [0.15, 0.2) is 0 Å².